The molecule has 0 saturated carbocycles. The van der Waals surface area contributed by atoms with Crippen molar-refractivity contribution < 1.29 is 0 Å². The van der Waals surface area contributed by atoms with Gasteiger partial charge in [-0.3, -0.25) is 4.90 Å². The van der Waals surface area contributed by atoms with Gasteiger partial charge in [0, 0.05) is 63.9 Å². The molecule has 0 unspecified atom stereocenters. The maximum Gasteiger partial charge on any atom is 0.0110 e. The Morgan fingerprint density at radius 3 is 2.07 bits per heavy atom. The first kappa shape index (κ1) is 10.7. The standard InChI is InChI=1S/C10H21N3S/c1-3-12(4-2-11-1)5-6-13-7-9-14-10-8-13/h11H,1-10H2. The number of thioether (sulfide) groups is 1. The van der Waals surface area contributed by atoms with Gasteiger partial charge in [-0.2, -0.15) is 11.8 Å². The van der Waals surface area contributed by atoms with Crippen LogP contribution in [0.4, 0.5) is 0 Å². The number of nitrogens with one attached hydrogen (secondary N) is 1. The van der Waals surface area contributed by atoms with Crippen LogP contribution in [0, 0.1) is 0 Å². The second-order valence-electron chi connectivity index (χ2n) is 4.05. The predicted molar refractivity (Wildman–Crippen MR) is 63.1 cm³/mol. The van der Waals surface area contributed by atoms with Crippen molar-refractivity contribution in [2.75, 3.05) is 63.9 Å². The molecule has 0 bridgehead atoms. The molecule has 2 aliphatic heterocycles. The molecule has 2 aliphatic rings. The molecule has 3 nitrogen and oxygen atoms in total. The zero-order valence-electron chi connectivity index (χ0n) is 8.87. The summed E-state index contributed by atoms with van der Waals surface area (Å²) in [5.41, 5.74) is 0. The molecule has 0 aliphatic carbocycles. The maximum atomic E-state index is 3.39. The third-order valence-corrected chi connectivity index (χ3v) is 3.99. The highest BCUT2D eigenvalue weighted by molar-refractivity contribution is 7.99. The van der Waals surface area contributed by atoms with Crippen molar-refractivity contribution >= 4 is 11.8 Å². The molecule has 2 fully saturated rings. The van der Waals surface area contributed by atoms with Gasteiger partial charge in [0.25, 0.3) is 0 Å². The van der Waals surface area contributed by atoms with Crippen LogP contribution in [-0.2, 0) is 0 Å². The van der Waals surface area contributed by atoms with Crippen molar-refractivity contribution in [1.29, 1.82) is 0 Å². The highest BCUT2D eigenvalue weighted by Crippen LogP contribution is 2.08. The van der Waals surface area contributed by atoms with Gasteiger partial charge in [0.2, 0.25) is 0 Å². The third-order valence-electron chi connectivity index (χ3n) is 3.05. The van der Waals surface area contributed by atoms with Crippen molar-refractivity contribution in [3.05, 3.63) is 0 Å². The van der Waals surface area contributed by atoms with E-state index in [1.54, 1.807) is 0 Å². The molecule has 0 atom stereocenters. The Labute approximate surface area is 91.2 Å². The first-order chi connectivity index (χ1) is 6.95. The average Bonchev–Trinajstić information content (AvgIpc) is 2.29. The van der Waals surface area contributed by atoms with E-state index in [0.717, 1.165) is 0 Å². The second-order valence-corrected chi connectivity index (χ2v) is 5.27. The zero-order valence-corrected chi connectivity index (χ0v) is 9.69. The molecule has 14 heavy (non-hydrogen) atoms. The van der Waals surface area contributed by atoms with E-state index < -0.39 is 0 Å². The molecule has 0 aromatic heterocycles. The van der Waals surface area contributed by atoms with E-state index in [4.69, 9.17) is 0 Å². The summed E-state index contributed by atoms with van der Waals surface area (Å²) in [5.74, 6) is 2.67. The van der Waals surface area contributed by atoms with Crippen LogP contribution >= 0.6 is 11.8 Å². The van der Waals surface area contributed by atoms with Crippen LogP contribution in [0.2, 0.25) is 0 Å². The molecule has 4 heteroatoms. The molecule has 0 aromatic rings. The lowest BCUT2D eigenvalue weighted by Gasteiger charge is -2.31. The lowest BCUT2D eigenvalue weighted by molar-refractivity contribution is 0.196. The topological polar surface area (TPSA) is 18.5 Å². The number of hydrogen-bond acceptors (Lipinski definition) is 4. The fourth-order valence-electron chi connectivity index (χ4n) is 2.04. The van der Waals surface area contributed by atoms with E-state index in [0.29, 0.717) is 0 Å². The van der Waals surface area contributed by atoms with Crippen LogP contribution in [0.5, 0.6) is 0 Å². The molecule has 2 heterocycles. The SMILES string of the molecule is C1CN(CCN2CCSCC2)CCN1. The van der Waals surface area contributed by atoms with Gasteiger partial charge in [0.05, 0.1) is 0 Å². The maximum absolute atomic E-state index is 3.39. The monoisotopic (exact) mass is 215 g/mol. The summed E-state index contributed by atoms with van der Waals surface area (Å²) >= 11 is 2.09. The van der Waals surface area contributed by atoms with Gasteiger partial charge < -0.3 is 10.2 Å². The summed E-state index contributed by atoms with van der Waals surface area (Å²) in [4.78, 5) is 5.19. The van der Waals surface area contributed by atoms with Gasteiger partial charge in [0.1, 0.15) is 0 Å². The van der Waals surface area contributed by atoms with Gasteiger partial charge in [-0.25, -0.2) is 0 Å². The second kappa shape index (κ2) is 5.95. The van der Waals surface area contributed by atoms with Crippen LogP contribution in [0.3, 0.4) is 0 Å². The van der Waals surface area contributed by atoms with Crippen LogP contribution in [0.15, 0.2) is 0 Å². The number of hydrogen-bond donors (Lipinski definition) is 1. The van der Waals surface area contributed by atoms with E-state index in [9.17, 15) is 0 Å². The van der Waals surface area contributed by atoms with E-state index in [-0.39, 0.29) is 0 Å². The lowest BCUT2D eigenvalue weighted by Crippen LogP contribution is -2.47. The molecular weight excluding hydrogens is 194 g/mol. The van der Waals surface area contributed by atoms with E-state index in [1.165, 1.54) is 63.9 Å². The highest BCUT2D eigenvalue weighted by Gasteiger charge is 2.13. The van der Waals surface area contributed by atoms with Gasteiger partial charge in [-0.15, -0.1) is 0 Å². The molecule has 1 N–H and O–H groups in total. The fourth-order valence-corrected chi connectivity index (χ4v) is 3.02. The van der Waals surface area contributed by atoms with Crippen LogP contribution in [-0.4, -0.2) is 73.7 Å². The Kier molecular flexibility index (Phi) is 4.57. The van der Waals surface area contributed by atoms with Crippen LogP contribution < -0.4 is 5.32 Å². The Balaban J connectivity index is 1.60. The quantitative estimate of drug-likeness (QED) is 0.711. The first-order valence-electron chi connectivity index (χ1n) is 5.68. The van der Waals surface area contributed by atoms with Crippen molar-refractivity contribution in [2.45, 2.75) is 0 Å². The average molecular weight is 215 g/mol. The molecule has 0 amide bonds. The van der Waals surface area contributed by atoms with Crippen molar-refractivity contribution in [3.63, 3.8) is 0 Å². The lowest BCUT2D eigenvalue weighted by atomic mass is 10.3. The van der Waals surface area contributed by atoms with E-state index in [2.05, 4.69) is 26.9 Å². The predicted octanol–water partition coefficient (Wildman–Crippen LogP) is -0.0596. The van der Waals surface area contributed by atoms with E-state index in [1.807, 2.05) is 0 Å². The Bertz CT molecular complexity index is 135. The van der Waals surface area contributed by atoms with Crippen LogP contribution in [0.25, 0.3) is 0 Å². The summed E-state index contributed by atoms with van der Waals surface area (Å²) in [7, 11) is 0. The third kappa shape index (κ3) is 3.42. The van der Waals surface area contributed by atoms with E-state index >= 15 is 0 Å². The van der Waals surface area contributed by atoms with Gasteiger partial charge in [-0.1, -0.05) is 0 Å². The molecule has 0 aromatic carbocycles. The van der Waals surface area contributed by atoms with Gasteiger partial charge in [0.15, 0.2) is 0 Å². The number of piperazine rings is 1. The number of nitrogens with zero attached hydrogens (tertiary/aromatic N) is 2. The molecule has 0 spiro atoms. The largest absolute Gasteiger partial charge is 0.314 e. The fraction of sp³-hybridized carbons (Fsp3) is 1.00. The minimum Gasteiger partial charge on any atom is -0.314 e. The van der Waals surface area contributed by atoms with Crippen molar-refractivity contribution in [2.24, 2.45) is 0 Å². The summed E-state index contributed by atoms with van der Waals surface area (Å²) in [6, 6.07) is 0. The smallest absolute Gasteiger partial charge is 0.0110 e. The Morgan fingerprint density at radius 1 is 0.857 bits per heavy atom. The van der Waals surface area contributed by atoms with Crippen molar-refractivity contribution in [1.82, 2.24) is 15.1 Å². The Morgan fingerprint density at radius 2 is 1.43 bits per heavy atom. The van der Waals surface area contributed by atoms with Gasteiger partial charge >= 0.3 is 0 Å². The molecular formula is C10H21N3S. The highest BCUT2D eigenvalue weighted by atomic mass is 32.2. The summed E-state index contributed by atoms with van der Waals surface area (Å²) in [6.07, 6.45) is 0. The molecule has 2 rings (SSSR count). The molecule has 0 radical (unpaired) electrons. The summed E-state index contributed by atoms with van der Waals surface area (Å²) in [6.45, 7) is 9.98. The summed E-state index contributed by atoms with van der Waals surface area (Å²) < 4.78 is 0. The minimum atomic E-state index is 1.18. The van der Waals surface area contributed by atoms with Crippen molar-refractivity contribution in [3.8, 4) is 0 Å². The minimum absolute atomic E-state index is 1.18. The normalized spacial score (nSPS) is 26.6. The molecule has 2 saturated heterocycles. The molecule has 82 valence electrons. The van der Waals surface area contributed by atoms with Crippen LogP contribution in [0.1, 0.15) is 0 Å². The van der Waals surface area contributed by atoms with Gasteiger partial charge in [-0.05, 0) is 0 Å². The Hall–Kier alpha value is 0.230. The number of rotatable bonds is 3. The first-order valence-corrected chi connectivity index (χ1v) is 6.84. The zero-order chi connectivity index (χ0) is 9.64. The summed E-state index contributed by atoms with van der Waals surface area (Å²) in [5, 5.41) is 3.39.